The van der Waals surface area contributed by atoms with Gasteiger partial charge in [-0.05, 0) is 12.1 Å². The van der Waals surface area contributed by atoms with Crippen LogP contribution >= 0.6 is 0 Å². The number of halogens is 1. The molecule has 0 aliphatic carbocycles. The molecule has 2 aromatic rings. The van der Waals surface area contributed by atoms with Crippen LogP contribution in [0.5, 0.6) is 5.75 Å². The van der Waals surface area contributed by atoms with E-state index in [1.165, 1.54) is 30.3 Å². The van der Waals surface area contributed by atoms with Gasteiger partial charge in [-0.3, -0.25) is 0 Å². The van der Waals surface area contributed by atoms with Gasteiger partial charge in [-0.25, -0.2) is 14.2 Å². The summed E-state index contributed by atoms with van der Waals surface area (Å²) in [6.45, 7) is 0.0993. The first-order valence-electron chi connectivity index (χ1n) is 5.80. The van der Waals surface area contributed by atoms with Crippen LogP contribution in [0.4, 0.5) is 4.39 Å². The van der Waals surface area contributed by atoms with Crippen molar-refractivity contribution < 1.29 is 24.1 Å². The number of benzene rings is 1. The van der Waals surface area contributed by atoms with E-state index in [0.29, 0.717) is 5.69 Å². The molecule has 0 amide bonds. The average molecular weight is 280 g/mol. The molecule has 6 nitrogen and oxygen atoms in total. The van der Waals surface area contributed by atoms with Crippen LogP contribution in [0.1, 0.15) is 10.4 Å². The third-order valence-corrected chi connectivity index (χ3v) is 2.81. The van der Waals surface area contributed by atoms with Crippen molar-refractivity contribution in [3.8, 4) is 17.0 Å². The van der Waals surface area contributed by atoms with Crippen molar-refractivity contribution in [1.29, 1.82) is 0 Å². The normalized spacial score (nSPS) is 10.6. The number of methoxy groups -OCH3 is 1. The second kappa shape index (κ2) is 5.70. The molecule has 1 aromatic heterocycles. The van der Waals surface area contributed by atoms with Gasteiger partial charge >= 0.3 is 5.97 Å². The van der Waals surface area contributed by atoms with Crippen molar-refractivity contribution in [1.82, 2.24) is 9.55 Å². The van der Waals surface area contributed by atoms with Gasteiger partial charge in [0.25, 0.3) is 0 Å². The van der Waals surface area contributed by atoms with E-state index in [1.54, 1.807) is 0 Å². The lowest BCUT2D eigenvalue weighted by Gasteiger charge is -2.10. The fourth-order valence-electron chi connectivity index (χ4n) is 1.86. The Kier molecular flexibility index (Phi) is 3.99. The van der Waals surface area contributed by atoms with Gasteiger partial charge < -0.3 is 19.5 Å². The summed E-state index contributed by atoms with van der Waals surface area (Å²) in [7, 11) is 1.18. The van der Waals surface area contributed by atoms with Gasteiger partial charge in [-0.2, -0.15) is 0 Å². The molecule has 106 valence electrons. The van der Waals surface area contributed by atoms with Crippen molar-refractivity contribution in [2.24, 2.45) is 0 Å². The number of aliphatic hydroxyl groups is 1. The van der Waals surface area contributed by atoms with E-state index >= 15 is 0 Å². The van der Waals surface area contributed by atoms with E-state index in [9.17, 15) is 14.3 Å². The molecule has 0 atom stereocenters. The molecule has 0 radical (unpaired) electrons. The zero-order valence-corrected chi connectivity index (χ0v) is 10.7. The average Bonchev–Trinajstić information content (AvgIpc) is 2.89. The van der Waals surface area contributed by atoms with E-state index in [2.05, 4.69) is 9.72 Å². The largest absolute Gasteiger partial charge is 0.504 e. The summed E-state index contributed by atoms with van der Waals surface area (Å²) < 4.78 is 19.8. The van der Waals surface area contributed by atoms with Gasteiger partial charge in [-0.1, -0.05) is 0 Å². The molecule has 0 spiro atoms. The number of rotatable bonds is 4. The Morgan fingerprint density at radius 2 is 2.25 bits per heavy atom. The van der Waals surface area contributed by atoms with Crippen LogP contribution in [-0.2, 0) is 11.3 Å². The molecule has 7 heteroatoms. The van der Waals surface area contributed by atoms with Gasteiger partial charge in [0.15, 0.2) is 11.6 Å². The number of hydrogen-bond donors (Lipinski definition) is 2. The molecule has 20 heavy (non-hydrogen) atoms. The summed E-state index contributed by atoms with van der Waals surface area (Å²) in [4.78, 5) is 15.4. The monoisotopic (exact) mass is 280 g/mol. The molecule has 2 N–H and O–H groups in total. The van der Waals surface area contributed by atoms with Gasteiger partial charge in [0.2, 0.25) is 0 Å². The van der Waals surface area contributed by atoms with Gasteiger partial charge in [0.05, 0.1) is 37.5 Å². The number of aromatic hydroxyl groups is 1. The van der Waals surface area contributed by atoms with Crippen LogP contribution in [0.2, 0.25) is 0 Å². The molecule has 0 unspecified atom stereocenters. The number of aliphatic hydroxyl groups excluding tert-OH is 1. The molecule has 0 bridgehead atoms. The molecule has 1 heterocycles. The maximum atomic E-state index is 13.7. The Bertz CT molecular complexity index is 639. The number of nitrogens with zero attached hydrogens (tertiary/aromatic N) is 2. The van der Waals surface area contributed by atoms with Crippen molar-refractivity contribution in [3.05, 3.63) is 36.0 Å². The summed E-state index contributed by atoms with van der Waals surface area (Å²) in [5.74, 6) is -2.23. The molecule has 0 aliphatic rings. The standard InChI is InChI=1S/C13H13FN2O4/c1-20-13(19)8-4-9(12(18)10(14)5-8)11-6-15-7-16(11)2-3-17/h4-7,17-18H,2-3H2,1H3. The molecule has 1 aromatic carbocycles. The Hall–Kier alpha value is -2.41. The number of phenolic OH excluding ortho intramolecular Hbond substituents is 1. The predicted molar refractivity (Wildman–Crippen MR) is 67.7 cm³/mol. The SMILES string of the molecule is COC(=O)c1cc(F)c(O)c(-c2cncn2CCO)c1. The quantitative estimate of drug-likeness (QED) is 0.821. The minimum atomic E-state index is -0.931. The highest BCUT2D eigenvalue weighted by Gasteiger charge is 2.18. The fourth-order valence-corrected chi connectivity index (χ4v) is 1.86. The Morgan fingerprint density at radius 3 is 2.90 bits per heavy atom. The number of aromatic nitrogens is 2. The van der Waals surface area contributed by atoms with E-state index < -0.39 is 17.5 Å². The van der Waals surface area contributed by atoms with E-state index in [4.69, 9.17) is 5.11 Å². The number of carbonyl (C=O) groups excluding carboxylic acids is 1. The highest BCUT2D eigenvalue weighted by molar-refractivity contribution is 5.91. The van der Waals surface area contributed by atoms with Gasteiger partial charge in [0.1, 0.15) is 0 Å². The minimum absolute atomic E-state index is 0.0189. The summed E-state index contributed by atoms with van der Waals surface area (Å²) in [6, 6.07) is 2.21. The molecule has 0 saturated carbocycles. The molecule has 0 saturated heterocycles. The third-order valence-electron chi connectivity index (χ3n) is 2.81. The van der Waals surface area contributed by atoms with Gasteiger partial charge in [-0.15, -0.1) is 0 Å². The van der Waals surface area contributed by atoms with E-state index in [0.717, 1.165) is 6.07 Å². The topological polar surface area (TPSA) is 84.6 Å². The third kappa shape index (κ3) is 2.48. The van der Waals surface area contributed by atoms with Crippen LogP contribution in [-0.4, -0.2) is 39.5 Å². The maximum absolute atomic E-state index is 13.7. The lowest BCUT2D eigenvalue weighted by atomic mass is 10.1. The van der Waals surface area contributed by atoms with Crippen molar-refractivity contribution in [2.75, 3.05) is 13.7 Å². The van der Waals surface area contributed by atoms with Crippen molar-refractivity contribution in [3.63, 3.8) is 0 Å². The Morgan fingerprint density at radius 1 is 1.50 bits per heavy atom. The Labute approximate surface area is 114 Å². The summed E-state index contributed by atoms with van der Waals surface area (Å²) in [6.07, 6.45) is 2.85. The number of ether oxygens (including phenoxy) is 1. The van der Waals surface area contributed by atoms with E-state index in [-0.39, 0.29) is 24.3 Å². The molecule has 0 fully saturated rings. The van der Waals surface area contributed by atoms with Crippen LogP contribution in [0, 0.1) is 5.82 Å². The van der Waals surface area contributed by atoms with Crippen LogP contribution in [0.3, 0.4) is 0 Å². The zero-order chi connectivity index (χ0) is 14.7. The first-order valence-corrected chi connectivity index (χ1v) is 5.80. The number of phenols is 1. The van der Waals surface area contributed by atoms with Crippen LogP contribution in [0.25, 0.3) is 11.3 Å². The van der Waals surface area contributed by atoms with Crippen LogP contribution < -0.4 is 0 Å². The second-order valence-corrected chi connectivity index (χ2v) is 4.04. The van der Waals surface area contributed by atoms with Gasteiger partial charge in [0, 0.05) is 12.1 Å². The van der Waals surface area contributed by atoms with Crippen molar-refractivity contribution in [2.45, 2.75) is 6.54 Å². The number of esters is 1. The first kappa shape index (κ1) is 14.0. The zero-order valence-electron chi connectivity index (χ0n) is 10.7. The maximum Gasteiger partial charge on any atom is 0.337 e. The number of hydrogen-bond acceptors (Lipinski definition) is 5. The summed E-state index contributed by atoms with van der Waals surface area (Å²) >= 11 is 0. The highest BCUT2D eigenvalue weighted by atomic mass is 19.1. The van der Waals surface area contributed by atoms with E-state index in [1.807, 2.05) is 0 Å². The smallest absolute Gasteiger partial charge is 0.337 e. The van der Waals surface area contributed by atoms with Crippen LogP contribution in [0.15, 0.2) is 24.7 Å². The second-order valence-electron chi connectivity index (χ2n) is 4.04. The lowest BCUT2D eigenvalue weighted by molar-refractivity contribution is 0.0600. The fraction of sp³-hybridized carbons (Fsp3) is 0.231. The summed E-state index contributed by atoms with van der Waals surface area (Å²) in [5, 5.41) is 18.8. The predicted octanol–water partition coefficient (Wildman–Crippen LogP) is 1.17. The molecule has 0 aliphatic heterocycles. The lowest BCUT2D eigenvalue weighted by Crippen LogP contribution is -2.05. The first-order chi connectivity index (χ1) is 9.58. The molecular weight excluding hydrogens is 267 g/mol. The molecular formula is C13H13FN2O4. The van der Waals surface area contributed by atoms with Crippen molar-refractivity contribution >= 4 is 5.97 Å². The highest BCUT2D eigenvalue weighted by Crippen LogP contribution is 2.32. The number of carbonyl (C=O) groups is 1. The minimum Gasteiger partial charge on any atom is -0.504 e. The summed E-state index contributed by atoms with van der Waals surface area (Å²) in [5.41, 5.74) is 0.479. The molecule has 2 rings (SSSR count). The number of imidazole rings is 1. The Balaban J connectivity index is 2.57.